The first-order valence-corrected chi connectivity index (χ1v) is 10.9. The van der Waals surface area contributed by atoms with Gasteiger partial charge in [-0.15, -0.1) is 0 Å². The summed E-state index contributed by atoms with van der Waals surface area (Å²) in [4.78, 5) is 41.9. The van der Waals surface area contributed by atoms with Crippen LogP contribution in [0.25, 0.3) is 0 Å². The summed E-state index contributed by atoms with van der Waals surface area (Å²) in [6.45, 7) is 7.71. The molecule has 1 fully saturated rings. The van der Waals surface area contributed by atoms with Gasteiger partial charge in [-0.25, -0.2) is 4.79 Å². The van der Waals surface area contributed by atoms with Gasteiger partial charge in [0, 0.05) is 18.5 Å². The van der Waals surface area contributed by atoms with Crippen LogP contribution in [0.4, 0.5) is 4.79 Å². The maximum Gasteiger partial charge on any atom is 0.325 e. The zero-order chi connectivity index (χ0) is 23.8. The molecule has 1 unspecified atom stereocenters. The lowest BCUT2D eigenvalue weighted by Gasteiger charge is -2.36. The molecule has 174 valence electrons. The fourth-order valence-electron chi connectivity index (χ4n) is 4.16. The molecule has 0 aliphatic carbocycles. The number of nitrogens with one attached hydrogen (secondary N) is 1. The highest BCUT2D eigenvalue weighted by Crippen LogP contribution is 2.34. The maximum atomic E-state index is 13.3. The minimum Gasteiger partial charge on any atom is -0.454 e. The molecular formula is C25H29N3O5. The average Bonchev–Trinajstić information content (AvgIpc) is 3.29. The monoisotopic (exact) mass is 451 g/mol. The lowest BCUT2D eigenvalue weighted by Crippen LogP contribution is -2.51. The van der Waals surface area contributed by atoms with Crippen molar-refractivity contribution in [2.75, 3.05) is 13.3 Å². The molecule has 0 radical (unpaired) electrons. The van der Waals surface area contributed by atoms with E-state index in [2.05, 4.69) is 5.32 Å². The van der Waals surface area contributed by atoms with Crippen molar-refractivity contribution < 1.29 is 23.9 Å². The van der Waals surface area contributed by atoms with Crippen molar-refractivity contribution in [2.24, 2.45) is 0 Å². The van der Waals surface area contributed by atoms with Crippen molar-refractivity contribution in [1.82, 2.24) is 15.1 Å². The van der Waals surface area contributed by atoms with Gasteiger partial charge in [0.05, 0.1) is 0 Å². The molecule has 8 heteroatoms. The van der Waals surface area contributed by atoms with E-state index in [9.17, 15) is 14.4 Å². The first-order valence-electron chi connectivity index (χ1n) is 10.9. The zero-order valence-electron chi connectivity index (χ0n) is 19.4. The van der Waals surface area contributed by atoms with Gasteiger partial charge in [-0.2, -0.15) is 0 Å². The van der Waals surface area contributed by atoms with Crippen LogP contribution in [0, 0.1) is 0 Å². The molecule has 4 amide bonds. The second-order valence-electron chi connectivity index (χ2n) is 9.65. The largest absolute Gasteiger partial charge is 0.454 e. The molecular weight excluding hydrogens is 422 g/mol. The maximum absolute atomic E-state index is 13.3. The summed E-state index contributed by atoms with van der Waals surface area (Å²) in [5.74, 6) is 0.550. The normalized spacial score (nSPS) is 19.6. The fraction of sp³-hybridized carbons (Fsp3) is 0.400. The smallest absolute Gasteiger partial charge is 0.325 e. The molecule has 2 aromatic carbocycles. The van der Waals surface area contributed by atoms with Crippen LogP contribution >= 0.6 is 0 Å². The highest BCUT2D eigenvalue weighted by molar-refractivity contribution is 6.09. The number of nitrogens with zero attached hydrogens (tertiary/aromatic N) is 2. The first-order chi connectivity index (χ1) is 15.6. The Balaban J connectivity index is 1.48. The number of fused-ring (bicyclic) bond motifs is 1. The Morgan fingerprint density at radius 2 is 1.76 bits per heavy atom. The number of ether oxygens (including phenoxy) is 2. The van der Waals surface area contributed by atoms with E-state index >= 15 is 0 Å². The van der Waals surface area contributed by atoms with Crippen molar-refractivity contribution in [3.05, 3.63) is 59.7 Å². The summed E-state index contributed by atoms with van der Waals surface area (Å²) in [7, 11) is 0. The highest BCUT2D eigenvalue weighted by atomic mass is 16.7. The number of imide groups is 1. The van der Waals surface area contributed by atoms with E-state index in [1.165, 1.54) is 0 Å². The van der Waals surface area contributed by atoms with E-state index < -0.39 is 23.0 Å². The van der Waals surface area contributed by atoms with Crippen molar-refractivity contribution >= 4 is 17.8 Å². The van der Waals surface area contributed by atoms with Crippen LogP contribution in [-0.2, 0) is 22.6 Å². The molecule has 2 aliphatic rings. The molecule has 0 saturated carbocycles. The van der Waals surface area contributed by atoms with E-state index in [1.54, 1.807) is 17.9 Å². The third-order valence-electron chi connectivity index (χ3n) is 5.93. The number of urea groups is 1. The molecule has 8 nitrogen and oxygen atoms in total. The minimum atomic E-state index is -1.16. The molecule has 0 bridgehead atoms. The Kier molecular flexibility index (Phi) is 5.78. The van der Waals surface area contributed by atoms with Crippen molar-refractivity contribution in [2.45, 2.75) is 51.7 Å². The van der Waals surface area contributed by atoms with E-state index in [1.807, 2.05) is 63.2 Å². The lowest BCUT2D eigenvalue weighted by atomic mass is 9.92. The van der Waals surface area contributed by atoms with Gasteiger partial charge < -0.3 is 19.7 Å². The summed E-state index contributed by atoms with van der Waals surface area (Å²) in [6.07, 6.45) is 0.270. The second-order valence-corrected chi connectivity index (χ2v) is 9.65. The Hall–Kier alpha value is -3.55. The third kappa shape index (κ3) is 4.65. The van der Waals surface area contributed by atoms with Crippen LogP contribution in [0.2, 0.25) is 0 Å². The molecule has 4 rings (SSSR count). The molecule has 2 aromatic rings. The Labute approximate surface area is 193 Å². The number of carbonyl (C=O) groups is 3. The first kappa shape index (κ1) is 22.6. The SMILES string of the molecule is CC1(Cc2ccc3c(c2)OCO3)NC(=O)N(CC(=O)N(Cc2ccccc2)C(C)(C)C)C1=O. The van der Waals surface area contributed by atoms with Crippen LogP contribution in [0.1, 0.15) is 38.8 Å². The van der Waals surface area contributed by atoms with Crippen LogP contribution in [0.15, 0.2) is 48.5 Å². The number of amides is 4. The van der Waals surface area contributed by atoms with Gasteiger partial charge >= 0.3 is 6.03 Å². The van der Waals surface area contributed by atoms with Gasteiger partial charge in [-0.1, -0.05) is 36.4 Å². The molecule has 2 aliphatic heterocycles. The Morgan fingerprint density at radius 3 is 2.45 bits per heavy atom. The summed E-state index contributed by atoms with van der Waals surface area (Å²) >= 11 is 0. The summed E-state index contributed by atoms with van der Waals surface area (Å²) < 4.78 is 10.7. The van der Waals surface area contributed by atoms with Gasteiger partial charge in [-0.05, 0) is 51.0 Å². The standard InChI is InChI=1S/C25H29N3O5/c1-24(2,3)28(14-17-8-6-5-7-9-17)21(29)15-27-22(30)25(4,26-23(27)31)13-18-10-11-19-20(12-18)33-16-32-19/h5-12H,13-16H2,1-4H3,(H,26,31). The number of benzene rings is 2. The van der Waals surface area contributed by atoms with E-state index in [0.717, 1.165) is 16.0 Å². The summed E-state index contributed by atoms with van der Waals surface area (Å²) in [5, 5.41) is 2.77. The Bertz CT molecular complexity index is 1080. The fourth-order valence-corrected chi connectivity index (χ4v) is 4.16. The number of hydrogen-bond donors (Lipinski definition) is 1. The Morgan fingerprint density at radius 1 is 1.06 bits per heavy atom. The van der Waals surface area contributed by atoms with Crippen LogP contribution in [0.3, 0.4) is 0 Å². The topological polar surface area (TPSA) is 88.2 Å². The van der Waals surface area contributed by atoms with E-state index in [4.69, 9.17) is 9.47 Å². The van der Waals surface area contributed by atoms with Gasteiger partial charge in [-0.3, -0.25) is 14.5 Å². The number of carbonyl (C=O) groups excluding carboxylic acids is 3. The summed E-state index contributed by atoms with van der Waals surface area (Å²) in [5.41, 5.74) is 0.161. The number of rotatable bonds is 6. The van der Waals surface area contributed by atoms with Crippen molar-refractivity contribution in [3.63, 3.8) is 0 Å². The zero-order valence-corrected chi connectivity index (χ0v) is 19.4. The quantitative estimate of drug-likeness (QED) is 0.682. The second kappa shape index (κ2) is 8.42. The predicted octanol–water partition coefficient (Wildman–Crippen LogP) is 3.10. The molecule has 1 N–H and O–H groups in total. The number of hydrogen-bond acceptors (Lipinski definition) is 5. The van der Waals surface area contributed by atoms with Crippen LogP contribution in [0.5, 0.6) is 11.5 Å². The van der Waals surface area contributed by atoms with Crippen LogP contribution in [-0.4, -0.2) is 52.1 Å². The summed E-state index contributed by atoms with van der Waals surface area (Å²) in [6, 6.07) is 14.5. The third-order valence-corrected chi connectivity index (χ3v) is 5.93. The van der Waals surface area contributed by atoms with Gasteiger partial charge in [0.1, 0.15) is 12.1 Å². The molecule has 0 spiro atoms. The van der Waals surface area contributed by atoms with Crippen molar-refractivity contribution in [1.29, 1.82) is 0 Å². The highest BCUT2D eigenvalue weighted by Gasteiger charge is 2.49. The van der Waals surface area contributed by atoms with Gasteiger partial charge in [0.15, 0.2) is 11.5 Å². The van der Waals surface area contributed by atoms with E-state index in [-0.39, 0.29) is 25.7 Å². The molecule has 33 heavy (non-hydrogen) atoms. The minimum absolute atomic E-state index is 0.162. The molecule has 1 saturated heterocycles. The lowest BCUT2D eigenvalue weighted by molar-refractivity contribution is -0.142. The molecule has 2 heterocycles. The van der Waals surface area contributed by atoms with E-state index in [0.29, 0.717) is 18.0 Å². The van der Waals surface area contributed by atoms with Gasteiger partial charge in [0.25, 0.3) is 5.91 Å². The van der Waals surface area contributed by atoms with Crippen LogP contribution < -0.4 is 14.8 Å². The van der Waals surface area contributed by atoms with Crippen molar-refractivity contribution in [3.8, 4) is 11.5 Å². The predicted molar refractivity (Wildman–Crippen MR) is 122 cm³/mol. The van der Waals surface area contributed by atoms with Gasteiger partial charge in [0.2, 0.25) is 12.7 Å². The molecule has 0 aromatic heterocycles. The molecule has 1 atom stereocenters. The average molecular weight is 452 g/mol.